The Bertz CT molecular complexity index is 751. The van der Waals surface area contributed by atoms with Crippen LogP contribution in [0.2, 0.25) is 0 Å². The van der Waals surface area contributed by atoms with E-state index in [0.29, 0.717) is 0 Å². The fraction of sp³-hybridized carbons (Fsp3) is 0.250. The van der Waals surface area contributed by atoms with Crippen molar-refractivity contribution in [2.24, 2.45) is 0 Å². The summed E-state index contributed by atoms with van der Waals surface area (Å²) in [7, 11) is 0. The lowest BCUT2D eigenvalue weighted by molar-refractivity contribution is 0.281. The van der Waals surface area contributed by atoms with Crippen molar-refractivity contribution in [3.05, 3.63) is 89.5 Å². The first-order valence-corrected chi connectivity index (χ1v) is 8.21. The third-order valence-corrected chi connectivity index (χ3v) is 4.19. The Morgan fingerprint density at radius 2 is 1.88 bits per heavy atom. The van der Waals surface area contributed by atoms with E-state index in [-0.39, 0.29) is 12.6 Å². The van der Waals surface area contributed by atoms with Gasteiger partial charge in [0.15, 0.2) is 0 Å². The van der Waals surface area contributed by atoms with Crippen molar-refractivity contribution in [1.82, 2.24) is 14.9 Å². The second kappa shape index (κ2) is 7.90. The summed E-state index contributed by atoms with van der Waals surface area (Å²) in [5, 5.41) is 12.8. The van der Waals surface area contributed by atoms with Crippen LogP contribution in [0.15, 0.2) is 67.3 Å². The van der Waals surface area contributed by atoms with Crippen molar-refractivity contribution in [2.75, 3.05) is 0 Å². The molecular formula is C20H23N3O. The van der Waals surface area contributed by atoms with E-state index in [1.165, 1.54) is 16.7 Å². The number of nitrogens with zero attached hydrogens (tertiary/aromatic N) is 2. The number of aliphatic hydroxyl groups excluding tert-OH is 1. The van der Waals surface area contributed by atoms with Gasteiger partial charge < -0.3 is 15.0 Å². The molecular weight excluding hydrogens is 298 g/mol. The first-order valence-electron chi connectivity index (χ1n) is 8.21. The zero-order valence-electron chi connectivity index (χ0n) is 13.9. The number of nitrogens with one attached hydrogen (secondary N) is 1. The summed E-state index contributed by atoms with van der Waals surface area (Å²) in [6, 6.07) is 17.0. The molecule has 2 N–H and O–H groups in total. The quantitative estimate of drug-likeness (QED) is 0.702. The Labute approximate surface area is 142 Å². The highest BCUT2D eigenvalue weighted by Gasteiger charge is 2.05. The molecule has 1 aromatic heterocycles. The summed E-state index contributed by atoms with van der Waals surface area (Å²) in [4.78, 5) is 4.06. The highest BCUT2D eigenvalue weighted by atomic mass is 16.3. The van der Waals surface area contributed by atoms with Crippen LogP contribution in [0.1, 0.15) is 35.2 Å². The van der Waals surface area contributed by atoms with Gasteiger partial charge >= 0.3 is 0 Å². The molecule has 0 radical (unpaired) electrons. The zero-order chi connectivity index (χ0) is 16.8. The van der Waals surface area contributed by atoms with E-state index in [2.05, 4.69) is 52.1 Å². The molecule has 3 aromatic rings. The highest BCUT2D eigenvalue weighted by Crippen LogP contribution is 2.15. The molecule has 0 spiro atoms. The molecule has 0 bridgehead atoms. The maximum Gasteiger partial charge on any atom is 0.0949 e. The summed E-state index contributed by atoms with van der Waals surface area (Å²) in [5.74, 6) is 0. The lowest BCUT2D eigenvalue weighted by Gasteiger charge is -2.15. The summed E-state index contributed by atoms with van der Waals surface area (Å²) in [5.41, 5.74) is 4.67. The Morgan fingerprint density at radius 3 is 2.58 bits per heavy atom. The molecule has 4 heteroatoms. The molecule has 24 heavy (non-hydrogen) atoms. The third kappa shape index (κ3) is 4.31. The van der Waals surface area contributed by atoms with Crippen LogP contribution in [0.25, 0.3) is 0 Å². The number of imidazole rings is 1. The van der Waals surface area contributed by atoms with Crippen molar-refractivity contribution in [1.29, 1.82) is 0 Å². The van der Waals surface area contributed by atoms with Crippen LogP contribution in [-0.4, -0.2) is 14.7 Å². The average molecular weight is 321 g/mol. The predicted octanol–water partition coefficient (Wildman–Crippen LogP) is 3.27. The Balaban J connectivity index is 1.56. The molecule has 1 unspecified atom stereocenters. The van der Waals surface area contributed by atoms with Crippen LogP contribution in [0, 0.1) is 0 Å². The van der Waals surface area contributed by atoms with Crippen LogP contribution >= 0.6 is 0 Å². The maximum absolute atomic E-state index is 9.24. The van der Waals surface area contributed by atoms with Gasteiger partial charge in [-0.1, -0.05) is 48.5 Å². The molecule has 4 nitrogen and oxygen atoms in total. The molecule has 0 amide bonds. The normalized spacial score (nSPS) is 12.2. The fourth-order valence-corrected chi connectivity index (χ4v) is 2.70. The molecule has 0 saturated heterocycles. The van der Waals surface area contributed by atoms with E-state index in [4.69, 9.17) is 0 Å². The minimum atomic E-state index is 0.0823. The maximum atomic E-state index is 9.24. The van der Waals surface area contributed by atoms with Crippen LogP contribution < -0.4 is 5.32 Å². The molecule has 0 aliphatic rings. The SMILES string of the molecule is CC(NCc1ccc(Cn2ccnc2)cc1)c1cccc(CO)c1. The van der Waals surface area contributed by atoms with Gasteiger partial charge in [-0.25, -0.2) is 4.98 Å². The Hall–Kier alpha value is -2.43. The van der Waals surface area contributed by atoms with Gasteiger partial charge in [0.2, 0.25) is 0 Å². The molecule has 0 fully saturated rings. The molecule has 0 saturated carbocycles. The standard InChI is InChI=1S/C20H23N3O/c1-16(20-4-2-3-19(11-20)14-24)22-12-17-5-7-18(8-6-17)13-23-10-9-21-15-23/h2-11,15-16,22,24H,12-14H2,1H3. The lowest BCUT2D eigenvalue weighted by atomic mass is 10.0. The summed E-state index contributed by atoms with van der Waals surface area (Å²) >= 11 is 0. The van der Waals surface area contributed by atoms with Crippen molar-refractivity contribution in [3.63, 3.8) is 0 Å². The van der Waals surface area contributed by atoms with Crippen LogP contribution in [-0.2, 0) is 19.7 Å². The van der Waals surface area contributed by atoms with Gasteiger partial charge in [0, 0.05) is 31.5 Å². The second-order valence-corrected chi connectivity index (χ2v) is 6.06. The smallest absolute Gasteiger partial charge is 0.0949 e. The molecule has 0 aliphatic heterocycles. The lowest BCUT2D eigenvalue weighted by Crippen LogP contribution is -2.18. The van der Waals surface area contributed by atoms with Gasteiger partial charge in [0.1, 0.15) is 0 Å². The van der Waals surface area contributed by atoms with E-state index in [1.54, 1.807) is 6.20 Å². The van der Waals surface area contributed by atoms with E-state index in [1.807, 2.05) is 30.7 Å². The van der Waals surface area contributed by atoms with Crippen molar-refractivity contribution >= 4 is 0 Å². The largest absolute Gasteiger partial charge is 0.392 e. The van der Waals surface area contributed by atoms with Gasteiger partial charge in [-0.15, -0.1) is 0 Å². The zero-order valence-corrected chi connectivity index (χ0v) is 13.9. The molecule has 1 heterocycles. The molecule has 124 valence electrons. The van der Waals surface area contributed by atoms with Crippen LogP contribution in [0.5, 0.6) is 0 Å². The molecule has 0 aliphatic carbocycles. The highest BCUT2D eigenvalue weighted by molar-refractivity contribution is 5.26. The van der Waals surface area contributed by atoms with Crippen LogP contribution in [0.3, 0.4) is 0 Å². The number of hydrogen-bond acceptors (Lipinski definition) is 3. The minimum absolute atomic E-state index is 0.0823. The van der Waals surface area contributed by atoms with E-state index in [9.17, 15) is 5.11 Å². The molecule has 2 aromatic carbocycles. The minimum Gasteiger partial charge on any atom is -0.392 e. The monoisotopic (exact) mass is 321 g/mol. The first kappa shape index (κ1) is 16.4. The number of rotatable bonds is 7. The van der Waals surface area contributed by atoms with E-state index < -0.39 is 0 Å². The number of benzene rings is 2. The average Bonchev–Trinajstić information content (AvgIpc) is 3.14. The first-order chi connectivity index (χ1) is 11.7. The summed E-state index contributed by atoms with van der Waals surface area (Å²) in [6.45, 7) is 3.89. The van der Waals surface area contributed by atoms with Gasteiger partial charge in [-0.2, -0.15) is 0 Å². The van der Waals surface area contributed by atoms with Crippen LogP contribution in [0.4, 0.5) is 0 Å². The fourth-order valence-electron chi connectivity index (χ4n) is 2.70. The van der Waals surface area contributed by atoms with Gasteiger partial charge in [0.25, 0.3) is 0 Å². The van der Waals surface area contributed by atoms with Gasteiger partial charge in [-0.3, -0.25) is 0 Å². The van der Waals surface area contributed by atoms with E-state index >= 15 is 0 Å². The Morgan fingerprint density at radius 1 is 1.08 bits per heavy atom. The second-order valence-electron chi connectivity index (χ2n) is 6.06. The third-order valence-electron chi connectivity index (χ3n) is 4.19. The number of hydrogen-bond donors (Lipinski definition) is 2. The number of aliphatic hydroxyl groups is 1. The van der Waals surface area contributed by atoms with Crippen molar-refractivity contribution < 1.29 is 5.11 Å². The molecule has 1 atom stereocenters. The summed E-state index contributed by atoms with van der Waals surface area (Å²) in [6.07, 6.45) is 5.60. The number of aromatic nitrogens is 2. The van der Waals surface area contributed by atoms with Gasteiger partial charge in [-0.05, 0) is 29.2 Å². The summed E-state index contributed by atoms with van der Waals surface area (Å²) < 4.78 is 2.06. The topological polar surface area (TPSA) is 50.1 Å². The van der Waals surface area contributed by atoms with Crippen molar-refractivity contribution in [3.8, 4) is 0 Å². The Kier molecular flexibility index (Phi) is 5.41. The van der Waals surface area contributed by atoms with Gasteiger partial charge in [0.05, 0.1) is 12.9 Å². The van der Waals surface area contributed by atoms with Crippen molar-refractivity contribution in [2.45, 2.75) is 32.7 Å². The molecule has 3 rings (SSSR count). The predicted molar refractivity (Wildman–Crippen MR) is 95.4 cm³/mol. The van der Waals surface area contributed by atoms with E-state index in [0.717, 1.165) is 18.7 Å².